The number of nitrogens with two attached hydrogens (primary N) is 1. The van der Waals surface area contributed by atoms with Gasteiger partial charge in [0.15, 0.2) is 0 Å². The molecule has 3 aromatic carbocycles. The molecule has 0 spiro atoms. The molecule has 0 aliphatic rings. The highest BCUT2D eigenvalue weighted by Crippen LogP contribution is 2.26. The molecule has 3 rings (SSSR count). The standard InChI is InChI=1S/C33H39NO.CH3NO/c1-8-33(6,7)22-27(5)34-32(31-18-17-24(2)19-26(31)4)20-25(3)29-15-12-16-30(21-29)35-23-28-13-10-9-11-14-28;2-1-3/h9-22H,8,23H2,1-7H3;1H,(H2,2,3)/b25-20+,27-22+,34-32-;. The summed E-state index contributed by atoms with van der Waals surface area (Å²) in [6.45, 7) is 15.8. The van der Waals surface area contributed by atoms with Gasteiger partial charge in [0.1, 0.15) is 12.4 Å². The van der Waals surface area contributed by atoms with Crippen molar-refractivity contribution in [2.24, 2.45) is 16.1 Å². The van der Waals surface area contributed by atoms with Crippen LogP contribution in [-0.2, 0) is 11.4 Å². The van der Waals surface area contributed by atoms with Crippen molar-refractivity contribution in [3.63, 3.8) is 0 Å². The first kappa shape index (κ1) is 30.3. The summed E-state index contributed by atoms with van der Waals surface area (Å²) >= 11 is 0. The number of hydrogen-bond donors (Lipinski definition) is 1. The van der Waals surface area contributed by atoms with E-state index < -0.39 is 0 Å². The monoisotopic (exact) mass is 510 g/mol. The largest absolute Gasteiger partial charge is 0.489 e. The number of carbonyl (C=O) groups excluding carboxylic acids is 1. The number of aliphatic imine (C=N–C) groups is 1. The number of hydrogen-bond acceptors (Lipinski definition) is 3. The molecule has 0 bridgehead atoms. The van der Waals surface area contributed by atoms with Crippen molar-refractivity contribution < 1.29 is 9.53 Å². The van der Waals surface area contributed by atoms with E-state index in [2.05, 4.69) is 115 Å². The number of carbonyl (C=O) groups is 1. The van der Waals surface area contributed by atoms with Crippen molar-refractivity contribution in [2.75, 3.05) is 0 Å². The lowest BCUT2D eigenvalue weighted by atomic mass is 9.89. The van der Waals surface area contributed by atoms with Crippen molar-refractivity contribution >= 4 is 17.7 Å². The minimum Gasteiger partial charge on any atom is -0.489 e. The number of allylic oxidation sites excluding steroid dienone is 4. The van der Waals surface area contributed by atoms with Crippen LogP contribution in [0.25, 0.3) is 5.57 Å². The van der Waals surface area contributed by atoms with Gasteiger partial charge in [-0.2, -0.15) is 0 Å². The van der Waals surface area contributed by atoms with Gasteiger partial charge in [0.25, 0.3) is 0 Å². The normalized spacial score (nSPS) is 12.4. The first-order valence-electron chi connectivity index (χ1n) is 13.0. The Labute approximate surface area is 229 Å². The van der Waals surface area contributed by atoms with Gasteiger partial charge >= 0.3 is 0 Å². The first-order chi connectivity index (χ1) is 18.1. The van der Waals surface area contributed by atoms with Crippen LogP contribution in [-0.4, -0.2) is 12.1 Å². The number of rotatable bonds is 9. The second kappa shape index (κ2) is 14.7. The summed E-state index contributed by atoms with van der Waals surface area (Å²) < 4.78 is 6.07. The van der Waals surface area contributed by atoms with Gasteiger partial charge in [0, 0.05) is 11.3 Å². The molecule has 4 nitrogen and oxygen atoms in total. The summed E-state index contributed by atoms with van der Waals surface area (Å²) in [6.07, 6.45) is 5.80. The molecule has 4 heteroatoms. The molecule has 0 radical (unpaired) electrons. The molecule has 0 saturated heterocycles. The topological polar surface area (TPSA) is 64.7 Å². The zero-order chi connectivity index (χ0) is 28.1. The van der Waals surface area contributed by atoms with Crippen LogP contribution in [0.5, 0.6) is 5.75 Å². The lowest BCUT2D eigenvalue weighted by molar-refractivity contribution is -0.106. The average molecular weight is 511 g/mol. The third-order valence-electron chi connectivity index (χ3n) is 6.36. The molecule has 0 atom stereocenters. The van der Waals surface area contributed by atoms with Crippen molar-refractivity contribution in [3.8, 4) is 5.75 Å². The van der Waals surface area contributed by atoms with Gasteiger partial charge in [-0.1, -0.05) is 93.1 Å². The Morgan fingerprint density at radius 2 is 1.66 bits per heavy atom. The highest BCUT2D eigenvalue weighted by atomic mass is 16.5. The van der Waals surface area contributed by atoms with Crippen LogP contribution < -0.4 is 10.5 Å². The van der Waals surface area contributed by atoms with Crippen LogP contribution in [0.2, 0.25) is 0 Å². The van der Waals surface area contributed by atoms with E-state index in [-0.39, 0.29) is 11.8 Å². The van der Waals surface area contributed by atoms with Gasteiger partial charge < -0.3 is 10.5 Å². The molecular weight excluding hydrogens is 468 g/mol. The number of ether oxygens (including phenoxy) is 1. The maximum atomic E-state index is 8.58. The summed E-state index contributed by atoms with van der Waals surface area (Å²) in [6, 6.07) is 25.1. The minimum absolute atomic E-state index is 0.115. The fourth-order valence-corrected chi connectivity index (χ4v) is 4.02. The molecule has 38 heavy (non-hydrogen) atoms. The van der Waals surface area contributed by atoms with E-state index in [9.17, 15) is 0 Å². The number of aryl methyl sites for hydroxylation is 2. The summed E-state index contributed by atoms with van der Waals surface area (Å²) in [5, 5.41) is 0. The summed E-state index contributed by atoms with van der Waals surface area (Å²) in [7, 11) is 0. The number of nitrogens with zero attached hydrogens (tertiary/aromatic N) is 1. The van der Waals surface area contributed by atoms with Crippen molar-refractivity contribution in [2.45, 2.75) is 61.5 Å². The molecule has 0 saturated carbocycles. The second-order valence-corrected chi connectivity index (χ2v) is 10.2. The third kappa shape index (κ3) is 9.85. The minimum atomic E-state index is 0.115. The maximum absolute atomic E-state index is 8.58. The number of amides is 1. The van der Waals surface area contributed by atoms with E-state index in [1.807, 2.05) is 24.3 Å². The van der Waals surface area contributed by atoms with Crippen LogP contribution in [0.3, 0.4) is 0 Å². The zero-order valence-electron chi connectivity index (χ0n) is 23.9. The molecule has 200 valence electrons. The van der Waals surface area contributed by atoms with E-state index in [0.717, 1.165) is 45.8 Å². The predicted octanol–water partition coefficient (Wildman–Crippen LogP) is 8.22. The Kier molecular flexibility index (Phi) is 11.7. The Hall–Kier alpha value is -3.92. The molecule has 2 N–H and O–H groups in total. The van der Waals surface area contributed by atoms with Crippen molar-refractivity contribution in [1.29, 1.82) is 0 Å². The van der Waals surface area contributed by atoms with Crippen LogP contribution in [0, 0.1) is 19.3 Å². The van der Waals surface area contributed by atoms with Crippen molar-refractivity contribution in [3.05, 3.63) is 118 Å². The van der Waals surface area contributed by atoms with Crippen LogP contribution in [0.15, 0.2) is 95.6 Å². The maximum Gasteiger partial charge on any atom is 0.204 e. The fraction of sp³-hybridized carbons (Fsp3) is 0.294. The SMILES string of the molecule is CCC(C)(C)/C=C(C)/N=C(/C=C(\C)c1cccc(OCc2ccccc2)c1)c1ccc(C)cc1C.NC=O. The molecule has 3 aromatic rings. The summed E-state index contributed by atoms with van der Waals surface area (Å²) in [5.41, 5.74) is 13.4. The van der Waals surface area contributed by atoms with E-state index >= 15 is 0 Å². The van der Waals surface area contributed by atoms with Crippen molar-refractivity contribution in [1.82, 2.24) is 0 Å². The molecular formula is C34H42N2O2. The van der Waals surface area contributed by atoms with Gasteiger partial charge in [-0.05, 0) is 80.0 Å². The van der Waals surface area contributed by atoms with Crippen LogP contribution >= 0.6 is 0 Å². The smallest absolute Gasteiger partial charge is 0.204 e. The first-order valence-corrected chi connectivity index (χ1v) is 13.0. The molecule has 0 fully saturated rings. The van der Waals surface area contributed by atoms with Gasteiger partial charge in [0.2, 0.25) is 6.41 Å². The third-order valence-corrected chi connectivity index (χ3v) is 6.36. The Morgan fingerprint density at radius 1 is 0.974 bits per heavy atom. The highest BCUT2D eigenvalue weighted by Gasteiger charge is 2.13. The van der Waals surface area contributed by atoms with E-state index in [4.69, 9.17) is 14.5 Å². The Morgan fingerprint density at radius 3 is 2.29 bits per heavy atom. The number of primary amides is 1. The van der Waals surface area contributed by atoms with Gasteiger partial charge in [-0.25, -0.2) is 0 Å². The summed E-state index contributed by atoms with van der Waals surface area (Å²) in [5.74, 6) is 0.866. The van der Waals surface area contributed by atoms with Gasteiger partial charge in [0.05, 0.1) is 5.71 Å². The Bertz CT molecular complexity index is 1280. The molecule has 0 aliphatic carbocycles. The average Bonchev–Trinajstić information content (AvgIpc) is 2.88. The van der Waals surface area contributed by atoms with Gasteiger partial charge in [-0.15, -0.1) is 0 Å². The number of benzene rings is 3. The van der Waals surface area contributed by atoms with Gasteiger partial charge in [-0.3, -0.25) is 9.79 Å². The molecule has 0 heterocycles. The molecule has 0 unspecified atom stereocenters. The van der Waals surface area contributed by atoms with E-state index in [0.29, 0.717) is 6.61 Å². The molecule has 0 aromatic heterocycles. The Balaban J connectivity index is 0.00000161. The second-order valence-electron chi connectivity index (χ2n) is 10.2. The van der Waals surface area contributed by atoms with E-state index in [1.165, 1.54) is 11.1 Å². The fourth-order valence-electron chi connectivity index (χ4n) is 4.02. The molecule has 0 aliphatic heterocycles. The quantitative estimate of drug-likeness (QED) is 0.233. The highest BCUT2D eigenvalue weighted by molar-refractivity contribution is 6.13. The van der Waals surface area contributed by atoms with Crippen LogP contribution in [0.1, 0.15) is 68.9 Å². The predicted molar refractivity (Wildman–Crippen MR) is 161 cm³/mol. The zero-order valence-corrected chi connectivity index (χ0v) is 23.9. The lowest BCUT2D eigenvalue weighted by Gasteiger charge is -2.18. The van der Waals surface area contributed by atoms with E-state index in [1.54, 1.807) is 0 Å². The summed E-state index contributed by atoms with van der Waals surface area (Å²) in [4.78, 5) is 13.7. The lowest BCUT2D eigenvalue weighted by Crippen LogP contribution is -2.07. The molecule has 1 amide bonds. The van der Waals surface area contributed by atoms with Crippen LogP contribution in [0.4, 0.5) is 0 Å².